The van der Waals surface area contributed by atoms with Crippen molar-refractivity contribution in [2.24, 2.45) is 4.99 Å². The SMILES string of the molecule is CCOC(=O)CC1(C(=O)O)N=C(c2c(OC)cccc2OC)N(C)O1. The van der Waals surface area contributed by atoms with Crippen LogP contribution in [0.4, 0.5) is 0 Å². The summed E-state index contributed by atoms with van der Waals surface area (Å²) in [7, 11) is 4.43. The molecule has 1 unspecified atom stereocenters. The summed E-state index contributed by atoms with van der Waals surface area (Å²) in [4.78, 5) is 33.1. The summed E-state index contributed by atoms with van der Waals surface area (Å²) in [6.45, 7) is 1.75. The van der Waals surface area contributed by atoms with Gasteiger partial charge in [-0.05, 0) is 19.1 Å². The van der Waals surface area contributed by atoms with Crippen molar-refractivity contribution < 1.29 is 33.7 Å². The number of hydroxylamine groups is 2. The second kappa shape index (κ2) is 7.39. The number of methoxy groups -OCH3 is 2. The maximum absolute atomic E-state index is 11.8. The quantitative estimate of drug-likeness (QED) is 0.726. The van der Waals surface area contributed by atoms with Gasteiger partial charge in [-0.3, -0.25) is 4.79 Å². The first-order valence-corrected chi connectivity index (χ1v) is 7.51. The van der Waals surface area contributed by atoms with E-state index in [1.807, 2.05) is 0 Å². The highest BCUT2D eigenvalue weighted by Crippen LogP contribution is 2.36. The van der Waals surface area contributed by atoms with E-state index in [1.165, 1.54) is 26.3 Å². The van der Waals surface area contributed by atoms with E-state index in [2.05, 4.69) is 4.99 Å². The summed E-state index contributed by atoms with van der Waals surface area (Å²) in [5.41, 5.74) is -1.69. The van der Waals surface area contributed by atoms with Crippen LogP contribution in [0, 0.1) is 0 Å². The Morgan fingerprint density at radius 2 is 1.88 bits per heavy atom. The van der Waals surface area contributed by atoms with Crippen molar-refractivity contribution >= 4 is 17.8 Å². The van der Waals surface area contributed by atoms with Gasteiger partial charge >= 0.3 is 11.9 Å². The molecule has 2 rings (SSSR count). The maximum Gasteiger partial charge on any atom is 0.362 e. The lowest BCUT2D eigenvalue weighted by Crippen LogP contribution is -2.41. The van der Waals surface area contributed by atoms with Crippen LogP contribution in [0.2, 0.25) is 0 Å². The average molecular weight is 352 g/mol. The summed E-state index contributed by atoms with van der Waals surface area (Å²) < 4.78 is 15.5. The van der Waals surface area contributed by atoms with Crippen LogP contribution in [0.1, 0.15) is 18.9 Å². The number of aliphatic imine (C=N–C) groups is 1. The zero-order valence-electron chi connectivity index (χ0n) is 14.4. The lowest BCUT2D eigenvalue weighted by atomic mass is 10.1. The molecule has 0 aliphatic carbocycles. The van der Waals surface area contributed by atoms with Crippen molar-refractivity contribution in [1.82, 2.24) is 5.06 Å². The van der Waals surface area contributed by atoms with Gasteiger partial charge in [0.25, 0.3) is 5.72 Å². The van der Waals surface area contributed by atoms with Gasteiger partial charge in [0.2, 0.25) is 0 Å². The maximum atomic E-state index is 11.8. The highest BCUT2D eigenvalue weighted by atomic mass is 16.7. The minimum atomic E-state index is -2.11. The standard InChI is InChI=1S/C16H20N2O7/c1-5-24-12(19)9-16(15(20)21)17-14(18(2)25-16)13-10(22-3)7-6-8-11(13)23-4/h6-8H,5,9H2,1-4H3,(H,20,21). The zero-order chi connectivity index (χ0) is 18.6. The lowest BCUT2D eigenvalue weighted by molar-refractivity contribution is -0.203. The Morgan fingerprint density at radius 1 is 1.28 bits per heavy atom. The number of rotatable bonds is 7. The van der Waals surface area contributed by atoms with Crippen LogP contribution < -0.4 is 9.47 Å². The molecule has 0 radical (unpaired) electrons. The molecule has 1 atom stereocenters. The molecule has 1 N–H and O–H groups in total. The van der Waals surface area contributed by atoms with E-state index in [9.17, 15) is 14.7 Å². The first-order valence-electron chi connectivity index (χ1n) is 7.51. The lowest BCUT2D eigenvalue weighted by Gasteiger charge is -2.21. The highest BCUT2D eigenvalue weighted by molar-refractivity contribution is 6.05. The minimum Gasteiger partial charge on any atom is -0.496 e. The first kappa shape index (κ1) is 18.5. The molecule has 0 spiro atoms. The number of benzene rings is 1. The molecule has 9 heteroatoms. The predicted molar refractivity (Wildman–Crippen MR) is 86.5 cm³/mol. The topological polar surface area (TPSA) is 107 Å². The second-order valence-electron chi connectivity index (χ2n) is 5.13. The molecule has 0 amide bonds. The van der Waals surface area contributed by atoms with Gasteiger partial charge in [0.15, 0.2) is 5.84 Å². The molecule has 1 aliphatic rings. The van der Waals surface area contributed by atoms with Crippen molar-refractivity contribution in [3.8, 4) is 11.5 Å². The summed E-state index contributed by atoms with van der Waals surface area (Å²) in [6, 6.07) is 5.08. The number of aliphatic carboxylic acids is 1. The molecule has 1 aromatic rings. The summed E-state index contributed by atoms with van der Waals surface area (Å²) in [5.74, 6) is -1.12. The average Bonchev–Trinajstić information content (AvgIpc) is 2.91. The molecule has 0 fully saturated rings. The number of ether oxygens (including phenoxy) is 3. The largest absolute Gasteiger partial charge is 0.496 e. The minimum absolute atomic E-state index is 0.126. The molecule has 0 saturated heterocycles. The third kappa shape index (κ3) is 3.50. The second-order valence-corrected chi connectivity index (χ2v) is 5.13. The number of hydrogen-bond donors (Lipinski definition) is 1. The molecular weight excluding hydrogens is 332 g/mol. The third-order valence-electron chi connectivity index (χ3n) is 3.55. The van der Waals surface area contributed by atoms with Crippen LogP contribution in [0.25, 0.3) is 0 Å². The van der Waals surface area contributed by atoms with Crippen molar-refractivity contribution in [1.29, 1.82) is 0 Å². The van der Waals surface area contributed by atoms with Crippen molar-refractivity contribution in [2.75, 3.05) is 27.9 Å². The molecule has 0 aromatic heterocycles. The van der Waals surface area contributed by atoms with Crippen LogP contribution in [0.15, 0.2) is 23.2 Å². The van der Waals surface area contributed by atoms with Crippen LogP contribution >= 0.6 is 0 Å². The smallest absolute Gasteiger partial charge is 0.362 e. The molecule has 1 heterocycles. The van der Waals surface area contributed by atoms with Crippen molar-refractivity contribution in [3.63, 3.8) is 0 Å². The normalized spacial score (nSPS) is 19.4. The molecule has 1 aliphatic heterocycles. The van der Waals surface area contributed by atoms with E-state index < -0.39 is 24.1 Å². The van der Waals surface area contributed by atoms with Crippen molar-refractivity contribution in [2.45, 2.75) is 19.1 Å². The van der Waals surface area contributed by atoms with Crippen LogP contribution in [0.3, 0.4) is 0 Å². The Morgan fingerprint density at radius 3 is 2.36 bits per heavy atom. The Balaban J connectivity index is 2.53. The number of carboxylic acids is 1. The van der Waals surface area contributed by atoms with Gasteiger partial charge in [-0.2, -0.15) is 0 Å². The summed E-state index contributed by atoms with van der Waals surface area (Å²) in [5, 5.41) is 10.8. The summed E-state index contributed by atoms with van der Waals surface area (Å²) in [6.07, 6.45) is -0.568. The van der Waals surface area contributed by atoms with Gasteiger partial charge in [-0.25, -0.2) is 19.7 Å². The molecule has 9 nitrogen and oxygen atoms in total. The number of nitrogens with zero attached hydrogens (tertiary/aromatic N) is 2. The third-order valence-corrected chi connectivity index (χ3v) is 3.55. The van der Waals surface area contributed by atoms with E-state index in [4.69, 9.17) is 19.0 Å². The number of carboxylic acid groups (broad SMARTS) is 1. The van der Waals surface area contributed by atoms with Crippen LogP contribution in [0.5, 0.6) is 11.5 Å². The molecule has 136 valence electrons. The molecule has 1 aromatic carbocycles. The van der Waals surface area contributed by atoms with Crippen molar-refractivity contribution in [3.05, 3.63) is 23.8 Å². The van der Waals surface area contributed by atoms with E-state index >= 15 is 0 Å². The number of esters is 1. The number of hydrogen-bond acceptors (Lipinski definition) is 8. The first-order chi connectivity index (χ1) is 11.9. The molecular formula is C16H20N2O7. The number of amidine groups is 1. The Bertz CT molecular complexity index is 681. The summed E-state index contributed by atoms with van der Waals surface area (Å²) >= 11 is 0. The monoisotopic (exact) mass is 352 g/mol. The fraction of sp³-hybridized carbons (Fsp3) is 0.438. The van der Waals surface area contributed by atoms with E-state index in [-0.39, 0.29) is 12.4 Å². The van der Waals surface area contributed by atoms with E-state index in [0.717, 1.165) is 0 Å². The molecule has 25 heavy (non-hydrogen) atoms. The Hall–Kier alpha value is -2.81. The predicted octanol–water partition coefficient (Wildman–Crippen LogP) is 1.06. The van der Waals surface area contributed by atoms with Gasteiger partial charge in [0.05, 0.1) is 20.8 Å². The number of carbonyl (C=O) groups excluding carboxylic acids is 1. The molecule has 0 saturated carbocycles. The van der Waals surface area contributed by atoms with E-state index in [0.29, 0.717) is 17.1 Å². The Kier molecular flexibility index (Phi) is 5.48. The fourth-order valence-corrected chi connectivity index (χ4v) is 2.46. The van der Waals surface area contributed by atoms with Gasteiger partial charge in [-0.1, -0.05) is 6.07 Å². The van der Waals surface area contributed by atoms with Gasteiger partial charge in [-0.15, -0.1) is 0 Å². The van der Waals surface area contributed by atoms with Gasteiger partial charge < -0.3 is 19.3 Å². The highest BCUT2D eigenvalue weighted by Gasteiger charge is 2.50. The van der Waals surface area contributed by atoms with Gasteiger partial charge in [0.1, 0.15) is 23.5 Å². The zero-order valence-corrected chi connectivity index (χ0v) is 14.4. The Labute approximate surface area is 144 Å². The van der Waals surface area contributed by atoms with E-state index in [1.54, 1.807) is 25.1 Å². The molecule has 0 bridgehead atoms. The van der Waals surface area contributed by atoms with Crippen LogP contribution in [-0.2, 0) is 19.2 Å². The fourth-order valence-electron chi connectivity index (χ4n) is 2.46. The number of carbonyl (C=O) groups is 2. The van der Waals surface area contributed by atoms with Gasteiger partial charge in [0, 0.05) is 7.05 Å². The van der Waals surface area contributed by atoms with Crippen LogP contribution in [-0.4, -0.2) is 61.5 Å².